The van der Waals surface area contributed by atoms with Gasteiger partial charge in [0.2, 0.25) is 5.91 Å². The molecule has 0 aliphatic carbocycles. The maximum atomic E-state index is 13.4. The number of amides is 1. The predicted octanol–water partition coefficient (Wildman–Crippen LogP) is 6.50. The van der Waals surface area contributed by atoms with Crippen LogP contribution in [0.4, 0.5) is 0 Å². The van der Waals surface area contributed by atoms with Crippen molar-refractivity contribution in [1.29, 1.82) is 5.26 Å². The predicted molar refractivity (Wildman–Crippen MR) is 155 cm³/mol. The summed E-state index contributed by atoms with van der Waals surface area (Å²) in [6.07, 6.45) is 1.44. The van der Waals surface area contributed by atoms with Gasteiger partial charge in [0.15, 0.2) is 0 Å². The van der Waals surface area contributed by atoms with Crippen LogP contribution in [-0.4, -0.2) is 30.0 Å². The molecule has 5 heteroatoms. The highest BCUT2D eigenvalue weighted by atomic mass is 32.2. The van der Waals surface area contributed by atoms with E-state index in [4.69, 9.17) is 0 Å². The summed E-state index contributed by atoms with van der Waals surface area (Å²) in [7, 11) is 0. The van der Waals surface area contributed by atoms with Crippen LogP contribution in [0.1, 0.15) is 56.3 Å². The van der Waals surface area contributed by atoms with Crippen LogP contribution in [0.3, 0.4) is 0 Å². The van der Waals surface area contributed by atoms with Crippen molar-refractivity contribution in [3.63, 3.8) is 0 Å². The van der Waals surface area contributed by atoms with E-state index in [1.54, 1.807) is 11.8 Å². The first-order chi connectivity index (χ1) is 18.0. The molecule has 0 aromatic heterocycles. The summed E-state index contributed by atoms with van der Waals surface area (Å²) in [5, 5.41) is 17.0. The SMILES string of the molecule is CCSC[C@@H](NC(c1ccccc1)c1ccccc1)C(=O)NCCC[C@@](C#N)(c1ccccc1)C(C)C. The highest BCUT2D eigenvalue weighted by Crippen LogP contribution is 2.36. The maximum Gasteiger partial charge on any atom is 0.238 e. The van der Waals surface area contributed by atoms with Crippen LogP contribution in [0.2, 0.25) is 0 Å². The molecule has 0 radical (unpaired) electrons. The minimum Gasteiger partial charge on any atom is -0.355 e. The summed E-state index contributed by atoms with van der Waals surface area (Å²) in [4.78, 5) is 13.4. The number of nitriles is 1. The van der Waals surface area contributed by atoms with Crippen molar-refractivity contribution >= 4 is 17.7 Å². The lowest BCUT2D eigenvalue weighted by Gasteiger charge is -2.31. The summed E-state index contributed by atoms with van der Waals surface area (Å²) < 4.78 is 0. The normalized spacial score (nSPS) is 13.6. The number of nitrogens with zero attached hydrogens (tertiary/aromatic N) is 1. The van der Waals surface area contributed by atoms with E-state index in [-0.39, 0.29) is 23.9 Å². The van der Waals surface area contributed by atoms with Gasteiger partial charge in [-0.1, -0.05) is 112 Å². The summed E-state index contributed by atoms with van der Waals surface area (Å²) in [5.41, 5.74) is 2.75. The third-order valence-corrected chi connectivity index (χ3v) is 7.94. The van der Waals surface area contributed by atoms with Crippen molar-refractivity contribution in [3.05, 3.63) is 108 Å². The molecule has 0 heterocycles. The Morgan fingerprint density at radius 3 is 1.95 bits per heavy atom. The molecule has 3 aromatic carbocycles. The van der Waals surface area contributed by atoms with Crippen molar-refractivity contribution in [2.45, 2.75) is 51.1 Å². The number of hydrogen-bond donors (Lipinski definition) is 2. The van der Waals surface area contributed by atoms with Crippen LogP contribution >= 0.6 is 11.8 Å². The first-order valence-electron chi connectivity index (χ1n) is 13.2. The molecule has 37 heavy (non-hydrogen) atoms. The Balaban J connectivity index is 1.69. The number of rotatable bonds is 14. The Labute approximate surface area is 226 Å². The Morgan fingerprint density at radius 2 is 1.46 bits per heavy atom. The minimum absolute atomic E-state index is 0.00429. The molecule has 0 fully saturated rings. The third kappa shape index (κ3) is 7.71. The summed E-state index contributed by atoms with van der Waals surface area (Å²) in [6, 6.07) is 32.8. The third-order valence-electron chi connectivity index (χ3n) is 6.96. The van der Waals surface area contributed by atoms with Crippen LogP contribution in [0.5, 0.6) is 0 Å². The van der Waals surface area contributed by atoms with Crippen molar-refractivity contribution in [1.82, 2.24) is 10.6 Å². The molecule has 0 bridgehead atoms. The van der Waals surface area contributed by atoms with E-state index in [1.807, 2.05) is 66.7 Å². The van der Waals surface area contributed by atoms with Gasteiger partial charge in [0.05, 0.1) is 23.6 Å². The molecule has 0 saturated heterocycles. The highest BCUT2D eigenvalue weighted by Gasteiger charge is 2.35. The van der Waals surface area contributed by atoms with Crippen molar-refractivity contribution in [2.24, 2.45) is 5.92 Å². The van der Waals surface area contributed by atoms with Gasteiger partial charge in [-0.05, 0) is 41.2 Å². The van der Waals surface area contributed by atoms with Gasteiger partial charge in [-0.3, -0.25) is 10.1 Å². The van der Waals surface area contributed by atoms with E-state index in [0.717, 1.165) is 28.9 Å². The fourth-order valence-corrected chi connectivity index (χ4v) is 5.48. The van der Waals surface area contributed by atoms with Gasteiger partial charge in [-0.15, -0.1) is 0 Å². The molecule has 1 amide bonds. The Bertz CT molecular complexity index is 1080. The van der Waals surface area contributed by atoms with Crippen LogP contribution < -0.4 is 10.6 Å². The van der Waals surface area contributed by atoms with E-state index >= 15 is 0 Å². The lowest BCUT2D eigenvalue weighted by atomic mass is 9.70. The number of hydrogen-bond acceptors (Lipinski definition) is 4. The van der Waals surface area contributed by atoms with E-state index in [2.05, 4.69) is 61.7 Å². The smallest absolute Gasteiger partial charge is 0.238 e. The van der Waals surface area contributed by atoms with Gasteiger partial charge < -0.3 is 5.32 Å². The van der Waals surface area contributed by atoms with Gasteiger partial charge in [0, 0.05) is 12.3 Å². The van der Waals surface area contributed by atoms with Crippen LogP contribution in [0.15, 0.2) is 91.0 Å². The topological polar surface area (TPSA) is 64.9 Å². The van der Waals surface area contributed by atoms with E-state index in [1.165, 1.54) is 0 Å². The number of carbonyl (C=O) groups excluding carboxylic acids is 1. The zero-order valence-electron chi connectivity index (χ0n) is 22.2. The van der Waals surface area contributed by atoms with Gasteiger partial charge in [0.1, 0.15) is 0 Å². The zero-order valence-corrected chi connectivity index (χ0v) is 23.0. The monoisotopic (exact) mass is 513 g/mol. The van der Waals surface area contributed by atoms with Gasteiger partial charge in [-0.25, -0.2) is 0 Å². The fraction of sp³-hybridized carbons (Fsp3) is 0.375. The quantitative estimate of drug-likeness (QED) is 0.242. The molecule has 0 aliphatic rings. The molecule has 3 aromatic rings. The van der Waals surface area contributed by atoms with Crippen molar-refractivity contribution in [3.8, 4) is 6.07 Å². The fourth-order valence-electron chi connectivity index (χ4n) is 4.77. The summed E-state index contributed by atoms with van der Waals surface area (Å²) in [6.45, 7) is 6.86. The molecule has 3 rings (SSSR count). The van der Waals surface area contributed by atoms with E-state index in [0.29, 0.717) is 18.7 Å². The molecule has 2 N–H and O–H groups in total. The molecular formula is C32H39N3OS. The Morgan fingerprint density at radius 1 is 0.919 bits per heavy atom. The molecule has 194 valence electrons. The average molecular weight is 514 g/mol. The maximum absolute atomic E-state index is 13.4. The van der Waals surface area contributed by atoms with Crippen molar-refractivity contribution < 1.29 is 4.79 Å². The zero-order chi connectivity index (χ0) is 26.5. The van der Waals surface area contributed by atoms with E-state index < -0.39 is 5.41 Å². The number of benzene rings is 3. The minimum atomic E-state index is -0.562. The highest BCUT2D eigenvalue weighted by molar-refractivity contribution is 7.99. The molecule has 2 atom stereocenters. The average Bonchev–Trinajstić information content (AvgIpc) is 2.94. The molecule has 0 saturated carbocycles. The standard InChI is InChI=1S/C32H39N3OS/c1-4-37-23-29(35-30(26-15-8-5-9-16-26)27-17-10-6-11-18-27)31(36)34-22-14-21-32(24-33,25(2)3)28-19-12-7-13-20-28/h5-13,15-20,25,29-30,35H,4,14,21-23H2,1-3H3,(H,34,36)/t29-,32+/m1/s1. The second kappa shape index (κ2) is 14.6. The Kier molecular flexibility index (Phi) is 11.3. The largest absolute Gasteiger partial charge is 0.355 e. The van der Waals surface area contributed by atoms with Gasteiger partial charge in [0.25, 0.3) is 0 Å². The van der Waals surface area contributed by atoms with Gasteiger partial charge >= 0.3 is 0 Å². The second-order valence-corrected chi connectivity index (χ2v) is 11.0. The van der Waals surface area contributed by atoms with Crippen LogP contribution in [0, 0.1) is 17.2 Å². The number of nitrogens with one attached hydrogen (secondary N) is 2. The van der Waals surface area contributed by atoms with E-state index in [9.17, 15) is 10.1 Å². The number of thioether (sulfide) groups is 1. The molecular weight excluding hydrogens is 474 g/mol. The number of carbonyl (C=O) groups is 1. The van der Waals surface area contributed by atoms with Crippen molar-refractivity contribution in [2.75, 3.05) is 18.1 Å². The first kappa shape index (κ1) is 28.5. The summed E-state index contributed by atoms with van der Waals surface area (Å²) in [5.74, 6) is 1.81. The van der Waals surface area contributed by atoms with Crippen LogP contribution in [0.25, 0.3) is 0 Å². The Hall–Kier alpha value is -3.07. The van der Waals surface area contributed by atoms with Gasteiger partial charge in [-0.2, -0.15) is 17.0 Å². The lowest BCUT2D eigenvalue weighted by Crippen LogP contribution is -2.48. The molecule has 4 nitrogen and oxygen atoms in total. The molecule has 0 aliphatic heterocycles. The first-order valence-corrected chi connectivity index (χ1v) is 14.4. The lowest BCUT2D eigenvalue weighted by molar-refractivity contribution is -0.122. The summed E-state index contributed by atoms with van der Waals surface area (Å²) >= 11 is 1.76. The molecule has 0 spiro atoms. The molecule has 0 unspecified atom stereocenters. The second-order valence-electron chi connectivity index (χ2n) is 9.63. The van der Waals surface area contributed by atoms with Crippen LogP contribution in [-0.2, 0) is 10.2 Å².